The number of nitrogens with zero attached hydrogens (tertiary/aromatic N) is 1. The van der Waals surface area contributed by atoms with E-state index in [0.29, 0.717) is 0 Å². The van der Waals surface area contributed by atoms with Gasteiger partial charge in [0.15, 0.2) is 0 Å². The van der Waals surface area contributed by atoms with Gasteiger partial charge >= 0.3 is 0 Å². The van der Waals surface area contributed by atoms with Gasteiger partial charge in [0.25, 0.3) is 0 Å². The molecule has 2 amide bonds. The van der Waals surface area contributed by atoms with Gasteiger partial charge in [-0.25, -0.2) is 0 Å². The van der Waals surface area contributed by atoms with Gasteiger partial charge in [0.05, 0.1) is 11.5 Å². The van der Waals surface area contributed by atoms with Crippen LogP contribution in [0.3, 0.4) is 0 Å². The van der Waals surface area contributed by atoms with Crippen molar-refractivity contribution in [2.24, 2.45) is 5.41 Å². The van der Waals surface area contributed by atoms with Crippen LogP contribution < -0.4 is 0 Å². The average molecular weight is 285 g/mol. The normalized spacial score (nSPS) is 18.4. The standard InChI is InChI=1S/C17H19NO3/c1-12(18-15(20)11-17(2,3)16(18)21)14-8-6-13(7-9-14)5-4-10-19/h6-9,12,19H,10-11H2,1-3H3. The minimum absolute atomic E-state index is 0.121. The van der Waals surface area contributed by atoms with Crippen LogP contribution in [0.25, 0.3) is 0 Å². The molecular formula is C17H19NO3. The van der Waals surface area contributed by atoms with Crippen LogP contribution in [0.1, 0.15) is 44.4 Å². The van der Waals surface area contributed by atoms with E-state index in [1.165, 1.54) is 4.90 Å². The van der Waals surface area contributed by atoms with Gasteiger partial charge in [-0.15, -0.1) is 0 Å². The van der Waals surface area contributed by atoms with Crippen molar-refractivity contribution in [1.82, 2.24) is 4.90 Å². The summed E-state index contributed by atoms with van der Waals surface area (Å²) >= 11 is 0. The maximum absolute atomic E-state index is 12.3. The molecule has 0 aliphatic carbocycles. The molecule has 2 rings (SSSR count). The molecular weight excluding hydrogens is 266 g/mol. The van der Waals surface area contributed by atoms with Gasteiger partial charge in [0.1, 0.15) is 6.61 Å². The van der Waals surface area contributed by atoms with Gasteiger partial charge in [-0.05, 0) is 24.6 Å². The maximum Gasteiger partial charge on any atom is 0.235 e. The second kappa shape index (κ2) is 5.71. The van der Waals surface area contributed by atoms with Crippen molar-refractivity contribution in [3.8, 4) is 11.8 Å². The van der Waals surface area contributed by atoms with Crippen LogP contribution in [0.5, 0.6) is 0 Å². The fraction of sp³-hybridized carbons (Fsp3) is 0.412. The van der Waals surface area contributed by atoms with Crippen molar-refractivity contribution in [3.05, 3.63) is 35.4 Å². The predicted octanol–water partition coefficient (Wildman–Crippen LogP) is 1.88. The smallest absolute Gasteiger partial charge is 0.235 e. The molecule has 0 spiro atoms. The molecule has 1 N–H and O–H groups in total. The third kappa shape index (κ3) is 2.98. The molecule has 110 valence electrons. The number of hydrogen-bond donors (Lipinski definition) is 1. The monoisotopic (exact) mass is 285 g/mol. The maximum atomic E-state index is 12.3. The molecule has 4 nitrogen and oxygen atoms in total. The number of carbonyl (C=O) groups is 2. The highest BCUT2D eigenvalue weighted by molar-refractivity contribution is 6.05. The van der Waals surface area contributed by atoms with E-state index in [1.54, 1.807) is 13.8 Å². The number of aliphatic hydroxyl groups excluding tert-OH is 1. The lowest BCUT2D eigenvalue weighted by molar-refractivity contribution is -0.143. The first-order valence-electron chi connectivity index (χ1n) is 6.93. The summed E-state index contributed by atoms with van der Waals surface area (Å²) in [5.74, 6) is 5.15. The van der Waals surface area contributed by atoms with Crippen LogP contribution in [0, 0.1) is 17.3 Å². The van der Waals surface area contributed by atoms with Crippen molar-refractivity contribution < 1.29 is 14.7 Å². The molecule has 1 atom stereocenters. The summed E-state index contributed by atoms with van der Waals surface area (Å²) in [5.41, 5.74) is 1.07. The van der Waals surface area contributed by atoms with E-state index in [2.05, 4.69) is 11.8 Å². The Morgan fingerprint density at radius 2 is 1.90 bits per heavy atom. The molecule has 1 aromatic carbocycles. The van der Waals surface area contributed by atoms with Crippen LogP contribution >= 0.6 is 0 Å². The van der Waals surface area contributed by atoms with Crippen molar-refractivity contribution >= 4 is 11.8 Å². The highest BCUT2D eigenvalue weighted by Gasteiger charge is 2.46. The molecule has 0 radical (unpaired) electrons. The highest BCUT2D eigenvalue weighted by atomic mass is 16.2. The quantitative estimate of drug-likeness (QED) is 0.666. The van der Waals surface area contributed by atoms with E-state index in [0.717, 1.165) is 11.1 Å². The third-order valence-electron chi connectivity index (χ3n) is 3.75. The van der Waals surface area contributed by atoms with Gasteiger partial charge in [0, 0.05) is 12.0 Å². The van der Waals surface area contributed by atoms with Crippen molar-refractivity contribution in [1.29, 1.82) is 0 Å². The van der Waals surface area contributed by atoms with E-state index in [-0.39, 0.29) is 30.9 Å². The molecule has 0 saturated carbocycles. The van der Waals surface area contributed by atoms with Gasteiger partial charge < -0.3 is 5.11 Å². The SMILES string of the molecule is CC(c1ccc(C#CCO)cc1)N1C(=O)CC(C)(C)C1=O. The molecule has 1 fully saturated rings. The highest BCUT2D eigenvalue weighted by Crippen LogP contribution is 2.36. The zero-order valence-corrected chi connectivity index (χ0v) is 12.5. The molecule has 1 aromatic rings. The number of amides is 2. The Bertz CT molecular complexity index is 620. The summed E-state index contributed by atoms with van der Waals surface area (Å²) in [6.45, 7) is 5.27. The molecule has 1 heterocycles. The molecule has 1 aliphatic rings. The molecule has 21 heavy (non-hydrogen) atoms. The number of benzene rings is 1. The van der Waals surface area contributed by atoms with Gasteiger partial charge in [-0.1, -0.05) is 37.8 Å². The molecule has 0 bridgehead atoms. The zero-order valence-electron chi connectivity index (χ0n) is 12.5. The number of likely N-dealkylation sites (tertiary alicyclic amines) is 1. The van der Waals surface area contributed by atoms with Crippen molar-refractivity contribution in [2.45, 2.75) is 33.2 Å². The second-order valence-corrected chi connectivity index (χ2v) is 5.89. The Morgan fingerprint density at radius 1 is 1.29 bits per heavy atom. The molecule has 1 saturated heterocycles. The first kappa shape index (κ1) is 15.3. The first-order valence-corrected chi connectivity index (χ1v) is 6.93. The second-order valence-electron chi connectivity index (χ2n) is 5.89. The molecule has 0 aromatic heterocycles. The van der Waals surface area contributed by atoms with E-state index >= 15 is 0 Å². The Kier molecular flexibility index (Phi) is 4.15. The molecule has 1 unspecified atom stereocenters. The van der Waals surface area contributed by atoms with E-state index < -0.39 is 5.41 Å². The van der Waals surface area contributed by atoms with Crippen LogP contribution in [0.2, 0.25) is 0 Å². The zero-order chi connectivity index (χ0) is 15.6. The fourth-order valence-electron chi connectivity index (χ4n) is 2.51. The predicted molar refractivity (Wildman–Crippen MR) is 79.1 cm³/mol. The van der Waals surface area contributed by atoms with Crippen LogP contribution in [0.15, 0.2) is 24.3 Å². The average Bonchev–Trinajstić information content (AvgIpc) is 2.65. The van der Waals surface area contributed by atoms with Gasteiger partial charge in [-0.2, -0.15) is 0 Å². The van der Waals surface area contributed by atoms with Crippen LogP contribution in [0.4, 0.5) is 0 Å². The lowest BCUT2D eigenvalue weighted by atomic mass is 9.92. The number of rotatable bonds is 2. The lowest BCUT2D eigenvalue weighted by Gasteiger charge is -2.25. The van der Waals surface area contributed by atoms with Gasteiger partial charge in [0.2, 0.25) is 11.8 Å². The molecule has 1 aliphatic heterocycles. The Balaban J connectivity index is 2.22. The van der Waals surface area contributed by atoms with E-state index in [9.17, 15) is 9.59 Å². The fourth-order valence-corrected chi connectivity index (χ4v) is 2.51. The van der Waals surface area contributed by atoms with E-state index in [4.69, 9.17) is 5.11 Å². The summed E-state index contributed by atoms with van der Waals surface area (Å²) in [6.07, 6.45) is 0.260. The Hall–Kier alpha value is -2.12. The summed E-state index contributed by atoms with van der Waals surface area (Å²) in [7, 11) is 0. The first-order chi connectivity index (χ1) is 9.86. The number of aliphatic hydroxyl groups is 1. The number of carbonyl (C=O) groups excluding carboxylic acids is 2. The topological polar surface area (TPSA) is 57.6 Å². The summed E-state index contributed by atoms with van der Waals surface area (Å²) in [5, 5.41) is 8.67. The Morgan fingerprint density at radius 3 is 2.38 bits per heavy atom. The van der Waals surface area contributed by atoms with Crippen LogP contribution in [-0.2, 0) is 9.59 Å². The number of hydrogen-bond acceptors (Lipinski definition) is 3. The largest absolute Gasteiger partial charge is 0.384 e. The third-order valence-corrected chi connectivity index (χ3v) is 3.75. The van der Waals surface area contributed by atoms with Crippen molar-refractivity contribution in [3.63, 3.8) is 0 Å². The van der Waals surface area contributed by atoms with Gasteiger partial charge in [-0.3, -0.25) is 14.5 Å². The Labute approximate surface area is 124 Å². The van der Waals surface area contributed by atoms with Crippen LogP contribution in [-0.4, -0.2) is 28.4 Å². The molecule has 4 heteroatoms. The summed E-state index contributed by atoms with van der Waals surface area (Å²) in [6, 6.07) is 7.08. The van der Waals surface area contributed by atoms with E-state index in [1.807, 2.05) is 31.2 Å². The lowest BCUT2D eigenvalue weighted by Crippen LogP contribution is -2.35. The summed E-state index contributed by atoms with van der Waals surface area (Å²) in [4.78, 5) is 25.7. The minimum Gasteiger partial charge on any atom is -0.384 e. The number of imide groups is 1. The summed E-state index contributed by atoms with van der Waals surface area (Å²) < 4.78 is 0. The minimum atomic E-state index is -0.613. The van der Waals surface area contributed by atoms with Crippen molar-refractivity contribution in [2.75, 3.05) is 6.61 Å².